The number of ether oxygens (including phenoxy) is 2. The Morgan fingerprint density at radius 3 is 0.529 bits per heavy atom. The predicted molar refractivity (Wildman–Crippen MR) is 421 cm³/mol. The predicted octanol–water partition coefficient (Wildman–Crippen LogP) is 23.2. The monoisotopic (exact) mass is 1310 g/mol. The molecule has 102 heavy (non-hydrogen) atoms. The van der Waals surface area contributed by atoms with Crippen molar-refractivity contribution >= 4 is 92.7 Å². The molecule has 0 aliphatic carbocycles. The number of aromatic amines is 4. The van der Waals surface area contributed by atoms with Crippen LogP contribution in [0.25, 0.3) is 182 Å². The lowest BCUT2D eigenvalue weighted by atomic mass is 10.0. The average Bonchev–Trinajstić information content (AvgIpc) is 1.62. The van der Waals surface area contributed by atoms with Gasteiger partial charge < -0.3 is 29.4 Å². The van der Waals surface area contributed by atoms with Crippen molar-refractivity contribution in [2.24, 2.45) is 0 Å². The van der Waals surface area contributed by atoms with Gasteiger partial charge in [0, 0.05) is 88.6 Å². The lowest BCUT2D eigenvalue weighted by Crippen LogP contribution is -2.02. The summed E-state index contributed by atoms with van der Waals surface area (Å²) in [6.45, 7) is 1.06. The molecule has 0 unspecified atom stereocenters. The first kappa shape index (κ1) is 60.9. The third-order valence-corrected chi connectivity index (χ3v) is 19.2. The molecule has 0 fully saturated rings. The molecule has 4 aliphatic rings. The maximum absolute atomic E-state index is 6.46. The average molecular weight is 1320 g/mol. The summed E-state index contributed by atoms with van der Waals surface area (Å²) in [7, 11) is 0. The zero-order valence-corrected chi connectivity index (χ0v) is 55.6. The highest BCUT2D eigenvalue weighted by molar-refractivity contribution is 6.03. The Kier molecular flexibility index (Phi) is 16.0. The Bertz CT molecular complexity index is 5560. The molecule has 0 atom stereocenters. The van der Waals surface area contributed by atoms with Crippen LogP contribution in [0.15, 0.2) is 279 Å². The van der Waals surface area contributed by atoms with Crippen LogP contribution in [0, 0.1) is 0 Å². The highest BCUT2D eigenvalue weighted by atomic mass is 16.5. The fourth-order valence-electron chi connectivity index (χ4n) is 14.5. The minimum Gasteiger partial charge on any atom is -0.494 e. The van der Waals surface area contributed by atoms with Crippen molar-refractivity contribution < 1.29 is 9.47 Å². The molecule has 0 amide bonds. The second-order valence-electron chi connectivity index (χ2n) is 25.7. The van der Waals surface area contributed by atoms with Crippen LogP contribution in [0.2, 0.25) is 0 Å². The fraction of sp³-hybridized carbons (Fsp3) is 0.0435. The highest BCUT2D eigenvalue weighted by Crippen LogP contribution is 2.42. The molecule has 0 radical (unpaired) electrons. The number of unbranched alkanes of at least 4 members (excludes halogenated alkanes) is 1. The van der Waals surface area contributed by atoms with Gasteiger partial charge in [-0.15, -0.1) is 0 Å². The van der Waals surface area contributed by atoms with Gasteiger partial charge in [-0.2, -0.15) is 0 Å². The van der Waals surface area contributed by atoms with Crippen molar-refractivity contribution in [2.75, 3.05) is 13.2 Å². The lowest BCUT2D eigenvalue weighted by Gasteiger charge is -2.10. The summed E-state index contributed by atoms with van der Waals surface area (Å²) in [4.78, 5) is 37.4. The van der Waals surface area contributed by atoms with E-state index in [-0.39, 0.29) is 0 Å². The first-order valence-electron chi connectivity index (χ1n) is 34.7. The quantitative estimate of drug-likeness (QED) is 0.0756. The van der Waals surface area contributed by atoms with Gasteiger partial charge in [0.2, 0.25) is 0 Å². The topological polar surface area (TPSA) is 133 Å². The molecule has 10 heteroatoms. The first-order valence-corrected chi connectivity index (χ1v) is 34.7. The van der Waals surface area contributed by atoms with Crippen LogP contribution in [0.1, 0.15) is 58.4 Å². The first-order chi connectivity index (χ1) is 50.5. The zero-order valence-electron chi connectivity index (χ0n) is 55.6. The fourth-order valence-corrected chi connectivity index (χ4v) is 14.5. The third-order valence-electron chi connectivity index (χ3n) is 19.2. The minimum absolute atomic E-state index is 0.532. The number of benzene rings is 8. The van der Waals surface area contributed by atoms with E-state index in [1.54, 1.807) is 0 Å². The van der Waals surface area contributed by atoms with E-state index in [1.165, 1.54) is 0 Å². The van der Waals surface area contributed by atoms with E-state index in [4.69, 9.17) is 29.4 Å². The van der Waals surface area contributed by atoms with Crippen molar-refractivity contribution in [1.29, 1.82) is 0 Å². The van der Waals surface area contributed by atoms with Crippen molar-refractivity contribution in [3.8, 4) is 101 Å². The van der Waals surface area contributed by atoms with Gasteiger partial charge in [0.15, 0.2) is 0 Å². The van der Waals surface area contributed by atoms with E-state index in [2.05, 4.69) is 348 Å². The molecule has 0 saturated heterocycles. The summed E-state index contributed by atoms with van der Waals surface area (Å²) in [6, 6.07) is 97.2. The summed E-state index contributed by atoms with van der Waals surface area (Å²) in [5, 5.41) is 0. The lowest BCUT2D eigenvalue weighted by molar-refractivity contribution is 0.266. The number of fused-ring (bicyclic) bond motifs is 16. The van der Waals surface area contributed by atoms with Gasteiger partial charge in [0.05, 0.1) is 58.8 Å². The van der Waals surface area contributed by atoms with E-state index in [0.29, 0.717) is 13.2 Å². The number of rotatable bonds is 15. The summed E-state index contributed by atoms with van der Waals surface area (Å²) in [5.74, 6) is 1.58. The van der Waals surface area contributed by atoms with Gasteiger partial charge in [0.25, 0.3) is 0 Å². The largest absolute Gasteiger partial charge is 0.494 e. The number of aromatic nitrogens is 8. The second kappa shape index (κ2) is 26.8. The Morgan fingerprint density at radius 1 is 0.186 bits per heavy atom. The van der Waals surface area contributed by atoms with E-state index >= 15 is 0 Å². The van der Waals surface area contributed by atoms with Crippen LogP contribution >= 0.6 is 0 Å². The number of nitrogens with zero attached hydrogens (tertiary/aromatic N) is 4. The highest BCUT2D eigenvalue weighted by Gasteiger charge is 2.23. The van der Waals surface area contributed by atoms with Crippen LogP contribution in [0.3, 0.4) is 0 Å². The van der Waals surface area contributed by atoms with Crippen LogP contribution in [-0.2, 0) is 0 Å². The molecule has 0 spiro atoms. The van der Waals surface area contributed by atoms with Crippen LogP contribution in [0.4, 0.5) is 0 Å². The van der Waals surface area contributed by atoms with Gasteiger partial charge in [-0.25, -0.2) is 19.9 Å². The molecule has 18 rings (SSSR count). The van der Waals surface area contributed by atoms with E-state index < -0.39 is 0 Å². The van der Waals surface area contributed by atoms with Gasteiger partial charge in [0.1, 0.15) is 11.5 Å². The normalized spacial score (nSPS) is 12.1. The maximum atomic E-state index is 6.46. The van der Waals surface area contributed by atoms with Crippen LogP contribution < -0.4 is 9.47 Å². The van der Waals surface area contributed by atoms with Crippen LogP contribution in [0.5, 0.6) is 11.5 Å². The third kappa shape index (κ3) is 11.8. The smallest absolute Gasteiger partial charge is 0.119 e. The molecule has 0 saturated carbocycles. The van der Waals surface area contributed by atoms with E-state index in [9.17, 15) is 0 Å². The van der Waals surface area contributed by atoms with E-state index in [1.807, 2.05) is 0 Å². The Hall–Kier alpha value is -13.4. The van der Waals surface area contributed by atoms with Gasteiger partial charge in [-0.3, -0.25) is 0 Å². The molecule has 4 aliphatic heterocycles. The Labute approximate surface area is 589 Å². The summed E-state index contributed by atoms with van der Waals surface area (Å²) >= 11 is 0. The zero-order chi connectivity index (χ0) is 67.7. The molecule has 10 nitrogen and oxygen atoms in total. The van der Waals surface area contributed by atoms with Crippen molar-refractivity contribution in [3.05, 3.63) is 325 Å². The Balaban J connectivity index is 0.637. The molecule has 8 aromatic carbocycles. The molecule has 4 N–H and O–H groups in total. The van der Waals surface area contributed by atoms with Crippen molar-refractivity contribution in [2.45, 2.75) is 12.8 Å². The van der Waals surface area contributed by atoms with Crippen LogP contribution in [-0.4, -0.2) is 53.1 Å². The Morgan fingerprint density at radius 2 is 0.353 bits per heavy atom. The SMILES string of the molecule is C1=Cc2nc1c(-c1ccccc1)c1ccc([nH]1)c(-c1ccccc1)c1nc(c(-c3ccc(OCCCCOc4ccc(-c5c6nc(c(-c7ccccc7)c7ccc([nH]7)c(-c7ccccc7)c7nc(c(-c8ccccc8)c8ccc5[nH]8)C=C7)C=C6)cc4)cc3)c3ccc([nH]3)c2-c2ccccc2)C=C1. The van der Waals surface area contributed by atoms with Gasteiger partial charge in [-0.1, -0.05) is 206 Å². The molecule has 6 aromatic heterocycles. The number of hydrogen-bond donors (Lipinski definition) is 4. The van der Waals surface area contributed by atoms with Gasteiger partial charge in [-0.05, 0) is 179 Å². The standard InChI is InChI=1S/C92H66N8O2/c1-7-21-59(22-8-1)85-69-41-45-73(93-69)87(61-25-11-3-12-26-61)77-49-53-81(97-77)91(82-54-50-78(98-82)88(62-27-13-4-14-28-62)74-46-42-70(85)94-74)65-33-37-67(38-34-65)101-57-19-20-58-102-68-39-35-66(36-40-68)92-83-55-51-79(99-83)89(63-29-15-5-16-30-63)75-47-43-71(95-75)86(60-23-9-2-10-24-60)72-44-48-76(96-72)90(64-31-17-6-18-32-64)80-52-56-84(92)100-80/h1-18,21-56,93,95,98,100H,19-20,57-58H2. The second-order valence-corrected chi connectivity index (χ2v) is 25.7. The molecule has 14 aromatic rings. The minimum atomic E-state index is 0.532. The molecule has 10 heterocycles. The summed E-state index contributed by atoms with van der Waals surface area (Å²) in [6.07, 6.45) is 18.7. The molecular formula is C92H66N8O2. The van der Waals surface area contributed by atoms with Crippen molar-refractivity contribution in [3.63, 3.8) is 0 Å². The number of hydrogen-bond acceptors (Lipinski definition) is 6. The molecular weight excluding hydrogens is 1250 g/mol. The summed E-state index contributed by atoms with van der Waals surface area (Å²) < 4.78 is 12.9. The molecule has 16 bridgehead atoms. The van der Waals surface area contributed by atoms with Gasteiger partial charge >= 0.3 is 0 Å². The van der Waals surface area contributed by atoms with E-state index in [0.717, 1.165) is 203 Å². The molecule has 486 valence electrons. The number of nitrogens with one attached hydrogen (secondary N) is 4. The summed E-state index contributed by atoms with van der Waals surface area (Å²) in [5.41, 5.74) is 30.8. The van der Waals surface area contributed by atoms with Crippen molar-refractivity contribution in [1.82, 2.24) is 39.9 Å². The number of H-pyrrole nitrogens is 4. The maximum Gasteiger partial charge on any atom is 0.119 e.